The third-order valence-corrected chi connectivity index (χ3v) is 6.62. The summed E-state index contributed by atoms with van der Waals surface area (Å²) in [5, 5.41) is 18.6. The highest BCUT2D eigenvalue weighted by atomic mass is 16.5. The summed E-state index contributed by atoms with van der Waals surface area (Å²) >= 11 is 0. The molecule has 0 aliphatic carbocycles. The van der Waals surface area contributed by atoms with Crippen LogP contribution < -0.4 is 4.90 Å². The zero-order valence-electron chi connectivity index (χ0n) is 22.1. The highest BCUT2D eigenvalue weighted by Crippen LogP contribution is 2.39. The molecule has 0 spiro atoms. The number of nitrogens with zero attached hydrogens (tertiary/aromatic N) is 1. The quantitative estimate of drug-likeness (QED) is 0.203. The van der Waals surface area contributed by atoms with E-state index in [0.29, 0.717) is 12.0 Å². The van der Waals surface area contributed by atoms with Gasteiger partial charge in [-0.05, 0) is 60.9 Å². The van der Waals surface area contributed by atoms with Crippen molar-refractivity contribution in [2.24, 2.45) is 0 Å². The summed E-state index contributed by atoms with van der Waals surface area (Å²) in [6, 6.07) is 20.3. The molecule has 1 aliphatic rings. The first-order chi connectivity index (χ1) is 20.2. The van der Waals surface area contributed by atoms with Crippen LogP contribution in [-0.4, -0.2) is 46.5 Å². The van der Waals surface area contributed by atoms with Crippen molar-refractivity contribution in [1.29, 1.82) is 0 Å². The van der Waals surface area contributed by atoms with Crippen molar-refractivity contribution in [3.63, 3.8) is 0 Å². The van der Waals surface area contributed by atoms with Gasteiger partial charge in [0.25, 0.3) is 11.8 Å². The van der Waals surface area contributed by atoms with E-state index in [9.17, 15) is 34.2 Å². The van der Waals surface area contributed by atoms with Crippen molar-refractivity contribution in [2.75, 3.05) is 11.5 Å². The Balaban J connectivity index is 1.52. The molecular weight excluding hydrogens is 546 g/mol. The monoisotopic (exact) mass is 569 g/mol. The summed E-state index contributed by atoms with van der Waals surface area (Å²) in [6.07, 6.45) is 0.366. The van der Waals surface area contributed by atoms with E-state index in [-0.39, 0.29) is 35.0 Å². The molecule has 0 bridgehead atoms. The summed E-state index contributed by atoms with van der Waals surface area (Å²) < 4.78 is 15.9. The molecule has 0 saturated heterocycles. The van der Waals surface area contributed by atoms with Gasteiger partial charge >= 0.3 is 17.9 Å². The number of aromatic carboxylic acids is 2. The van der Waals surface area contributed by atoms with Crippen LogP contribution >= 0.6 is 0 Å². The first kappa shape index (κ1) is 27.8. The van der Waals surface area contributed by atoms with E-state index < -0.39 is 47.2 Å². The molecule has 11 nitrogen and oxygen atoms in total. The largest absolute Gasteiger partial charge is 0.475 e. The van der Waals surface area contributed by atoms with E-state index in [0.717, 1.165) is 22.6 Å². The Labute approximate surface area is 238 Å². The van der Waals surface area contributed by atoms with Gasteiger partial charge in [0.1, 0.15) is 11.5 Å². The summed E-state index contributed by atoms with van der Waals surface area (Å²) in [6.45, 7) is 1.91. The van der Waals surface area contributed by atoms with Gasteiger partial charge in [-0.25, -0.2) is 14.5 Å². The lowest BCUT2D eigenvalue weighted by Gasteiger charge is -2.19. The Bertz CT molecular complexity index is 1650. The van der Waals surface area contributed by atoms with Gasteiger partial charge in [0.05, 0.1) is 29.4 Å². The molecule has 1 atom stereocenters. The zero-order chi connectivity index (χ0) is 30.0. The van der Waals surface area contributed by atoms with Crippen LogP contribution in [0.5, 0.6) is 0 Å². The fourth-order valence-electron chi connectivity index (χ4n) is 4.68. The number of hydrogen-bond donors (Lipinski definition) is 2. The van der Waals surface area contributed by atoms with Crippen molar-refractivity contribution in [2.45, 2.75) is 19.3 Å². The molecule has 2 N–H and O–H groups in total. The predicted octanol–water partition coefficient (Wildman–Crippen LogP) is 4.64. The van der Waals surface area contributed by atoms with Crippen LogP contribution in [-0.2, 0) is 25.5 Å². The molecule has 2 aromatic heterocycles. The van der Waals surface area contributed by atoms with E-state index in [1.807, 2.05) is 30.3 Å². The number of carboxylic acid groups (broad SMARTS) is 2. The van der Waals surface area contributed by atoms with Crippen LogP contribution in [0.1, 0.15) is 56.6 Å². The number of hydrogen-bond acceptors (Lipinski definition) is 8. The van der Waals surface area contributed by atoms with Gasteiger partial charge in [0.15, 0.2) is 0 Å². The van der Waals surface area contributed by atoms with Gasteiger partial charge in [-0.3, -0.25) is 14.4 Å². The highest BCUT2D eigenvalue weighted by Gasteiger charge is 2.43. The van der Waals surface area contributed by atoms with E-state index in [1.165, 1.54) is 24.3 Å². The number of carbonyl (C=O) groups is 5. The van der Waals surface area contributed by atoms with Crippen LogP contribution in [0.4, 0.5) is 5.69 Å². The van der Waals surface area contributed by atoms with Crippen molar-refractivity contribution in [3.05, 3.63) is 113 Å². The Morgan fingerprint density at radius 1 is 0.762 bits per heavy atom. The van der Waals surface area contributed by atoms with Crippen LogP contribution in [0.3, 0.4) is 0 Å². The molecule has 1 aliphatic heterocycles. The third kappa shape index (κ3) is 5.22. The smallest absolute Gasteiger partial charge is 0.371 e. The molecule has 0 fully saturated rings. The van der Waals surface area contributed by atoms with Gasteiger partial charge < -0.3 is 23.8 Å². The number of anilines is 1. The van der Waals surface area contributed by atoms with Crippen molar-refractivity contribution < 1.29 is 47.8 Å². The second-order valence-electron chi connectivity index (χ2n) is 9.22. The maximum absolute atomic E-state index is 13.7. The maximum atomic E-state index is 13.7. The second kappa shape index (κ2) is 11.4. The molecule has 0 saturated carbocycles. The topological polar surface area (TPSA) is 165 Å². The molecular formula is C31H23NO10. The minimum Gasteiger partial charge on any atom is -0.475 e. The minimum atomic E-state index is -1.38. The molecule has 212 valence electrons. The SMILES string of the molecule is CCOC(=O)C(Cc1ccccc1)c1ccc(N2C(=O)C(c3ccc(C(=O)O)o3)=C(c3ccc(C(=O)O)o3)C2=O)cc1. The number of ether oxygens (including phenoxy) is 1. The fraction of sp³-hybridized carbons (Fsp3) is 0.129. The van der Waals surface area contributed by atoms with Gasteiger partial charge in [-0.2, -0.15) is 0 Å². The van der Waals surface area contributed by atoms with E-state index in [1.54, 1.807) is 19.1 Å². The summed E-state index contributed by atoms with van der Waals surface area (Å²) in [7, 11) is 0. The zero-order valence-corrected chi connectivity index (χ0v) is 22.1. The number of carbonyl (C=O) groups excluding carboxylic acids is 3. The Morgan fingerprint density at radius 3 is 1.74 bits per heavy atom. The lowest BCUT2D eigenvalue weighted by molar-refractivity contribution is -0.145. The van der Waals surface area contributed by atoms with Crippen LogP contribution in [0.2, 0.25) is 0 Å². The molecule has 2 amide bonds. The predicted molar refractivity (Wildman–Crippen MR) is 147 cm³/mol. The van der Waals surface area contributed by atoms with Gasteiger partial charge in [-0.15, -0.1) is 0 Å². The Morgan fingerprint density at radius 2 is 1.29 bits per heavy atom. The van der Waals surface area contributed by atoms with Crippen molar-refractivity contribution in [3.8, 4) is 0 Å². The fourth-order valence-corrected chi connectivity index (χ4v) is 4.68. The van der Waals surface area contributed by atoms with Gasteiger partial charge in [0.2, 0.25) is 11.5 Å². The minimum absolute atomic E-state index is 0.151. The standard InChI is InChI=1S/C31H23NO10/c1-2-40-31(39)20(16-17-6-4-3-5-7-17)18-8-10-19(11-9-18)32-27(33)25(21-12-14-23(41-21)29(35)36)26(28(32)34)22-13-15-24(42-22)30(37)38/h3-15,20H,2,16H2,1H3,(H,35,36)(H,37,38). The molecule has 2 aromatic carbocycles. The lowest BCUT2D eigenvalue weighted by Crippen LogP contribution is -2.31. The van der Waals surface area contributed by atoms with Crippen molar-refractivity contribution >= 4 is 46.6 Å². The molecule has 0 radical (unpaired) electrons. The summed E-state index contributed by atoms with van der Waals surface area (Å²) in [4.78, 5) is 63.8. The number of furan rings is 2. The first-order valence-electron chi connectivity index (χ1n) is 12.8. The second-order valence-corrected chi connectivity index (χ2v) is 9.22. The van der Waals surface area contributed by atoms with Crippen LogP contribution in [0.15, 0.2) is 87.7 Å². The Hall–Kier alpha value is -5.71. The lowest BCUT2D eigenvalue weighted by atomic mass is 9.92. The van der Waals surface area contributed by atoms with E-state index in [2.05, 4.69) is 0 Å². The average molecular weight is 570 g/mol. The number of amides is 2. The number of esters is 1. The number of carboxylic acids is 2. The van der Waals surface area contributed by atoms with Crippen LogP contribution in [0, 0.1) is 0 Å². The highest BCUT2D eigenvalue weighted by molar-refractivity contribution is 6.56. The van der Waals surface area contributed by atoms with E-state index >= 15 is 0 Å². The molecule has 5 rings (SSSR count). The number of imide groups is 1. The number of rotatable bonds is 10. The van der Waals surface area contributed by atoms with Crippen LogP contribution in [0.25, 0.3) is 11.1 Å². The maximum Gasteiger partial charge on any atom is 0.371 e. The van der Waals surface area contributed by atoms with Gasteiger partial charge in [-0.1, -0.05) is 42.5 Å². The molecule has 11 heteroatoms. The molecule has 4 aromatic rings. The average Bonchev–Trinajstić information content (AvgIpc) is 3.71. The molecule has 3 heterocycles. The molecule has 42 heavy (non-hydrogen) atoms. The third-order valence-electron chi connectivity index (χ3n) is 6.62. The normalized spacial score (nSPS) is 13.9. The molecule has 1 unspecified atom stereocenters. The number of benzene rings is 2. The summed E-state index contributed by atoms with van der Waals surface area (Å²) in [5.74, 6) is -6.86. The summed E-state index contributed by atoms with van der Waals surface area (Å²) in [5.41, 5.74) is 1.08. The Kier molecular flexibility index (Phi) is 7.57. The van der Waals surface area contributed by atoms with Crippen molar-refractivity contribution in [1.82, 2.24) is 0 Å². The van der Waals surface area contributed by atoms with E-state index in [4.69, 9.17) is 13.6 Å². The van der Waals surface area contributed by atoms with Gasteiger partial charge in [0, 0.05) is 0 Å². The first-order valence-corrected chi connectivity index (χ1v) is 12.8.